The van der Waals surface area contributed by atoms with Crippen LogP contribution in [0.25, 0.3) is 0 Å². The van der Waals surface area contributed by atoms with Gasteiger partial charge in [0.1, 0.15) is 5.82 Å². The molecule has 0 aliphatic carbocycles. The van der Waals surface area contributed by atoms with Crippen molar-refractivity contribution in [2.24, 2.45) is 5.92 Å². The van der Waals surface area contributed by atoms with Crippen LogP contribution in [0.2, 0.25) is 5.02 Å². The molecule has 0 amide bonds. The SMILES string of the molecule is CC(CC(=O)c1ccc(Cl)cc1F)C(=O)O. The smallest absolute Gasteiger partial charge is 0.306 e. The Labute approximate surface area is 96.8 Å². The van der Waals surface area contributed by atoms with Gasteiger partial charge in [-0.15, -0.1) is 0 Å². The number of ketones is 1. The van der Waals surface area contributed by atoms with Crippen molar-refractivity contribution in [2.75, 3.05) is 0 Å². The summed E-state index contributed by atoms with van der Waals surface area (Å²) in [5.74, 6) is -3.18. The molecule has 0 aromatic heterocycles. The van der Waals surface area contributed by atoms with Crippen LogP contribution in [0, 0.1) is 11.7 Å². The number of rotatable bonds is 4. The molecule has 86 valence electrons. The minimum absolute atomic E-state index is 0.127. The van der Waals surface area contributed by atoms with E-state index in [-0.39, 0.29) is 17.0 Å². The van der Waals surface area contributed by atoms with E-state index >= 15 is 0 Å². The minimum Gasteiger partial charge on any atom is -0.481 e. The highest BCUT2D eigenvalue weighted by Crippen LogP contribution is 2.17. The molecule has 0 fully saturated rings. The van der Waals surface area contributed by atoms with Crippen LogP contribution < -0.4 is 0 Å². The molecule has 3 nitrogen and oxygen atoms in total. The second kappa shape index (κ2) is 5.07. The van der Waals surface area contributed by atoms with Gasteiger partial charge in [-0.3, -0.25) is 9.59 Å². The van der Waals surface area contributed by atoms with E-state index in [0.29, 0.717) is 0 Å². The van der Waals surface area contributed by atoms with Crippen LogP contribution in [0.15, 0.2) is 18.2 Å². The predicted molar refractivity (Wildman–Crippen MR) is 57.2 cm³/mol. The molecule has 1 aromatic rings. The summed E-state index contributed by atoms with van der Waals surface area (Å²) in [6, 6.07) is 3.68. The third kappa shape index (κ3) is 3.03. The first kappa shape index (κ1) is 12.6. The molecular weight excluding hydrogens is 235 g/mol. The third-order valence-corrected chi connectivity index (χ3v) is 2.38. The molecule has 1 aromatic carbocycles. The van der Waals surface area contributed by atoms with Gasteiger partial charge in [0.25, 0.3) is 0 Å². The van der Waals surface area contributed by atoms with E-state index in [1.807, 2.05) is 0 Å². The Kier molecular flexibility index (Phi) is 4.01. The monoisotopic (exact) mass is 244 g/mol. The normalized spacial score (nSPS) is 12.2. The molecule has 16 heavy (non-hydrogen) atoms. The maximum absolute atomic E-state index is 13.3. The molecule has 1 unspecified atom stereocenters. The molecular formula is C11H10ClFO3. The van der Waals surface area contributed by atoms with Crippen LogP contribution >= 0.6 is 11.6 Å². The predicted octanol–water partition coefficient (Wildman–Crippen LogP) is 2.77. The average Bonchev–Trinajstić information content (AvgIpc) is 2.16. The van der Waals surface area contributed by atoms with Crippen LogP contribution in [0.5, 0.6) is 0 Å². The number of hydrogen-bond acceptors (Lipinski definition) is 2. The van der Waals surface area contributed by atoms with Gasteiger partial charge in [-0.2, -0.15) is 0 Å². The van der Waals surface area contributed by atoms with E-state index in [4.69, 9.17) is 16.7 Å². The average molecular weight is 245 g/mol. The summed E-state index contributed by atoms with van der Waals surface area (Å²) in [5.41, 5.74) is -0.127. The number of carbonyl (C=O) groups is 2. The van der Waals surface area contributed by atoms with Crippen molar-refractivity contribution in [3.8, 4) is 0 Å². The number of hydrogen-bond donors (Lipinski definition) is 1. The van der Waals surface area contributed by atoms with Crippen LogP contribution in [0.3, 0.4) is 0 Å². The number of halogens is 2. The van der Waals surface area contributed by atoms with Crippen molar-refractivity contribution in [1.82, 2.24) is 0 Å². The van der Waals surface area contributed by atoms with Crippen LogP contribution in [-0.4, -0.2) is 16.9 Å². The molecule has 0 aliphatic heterocycles. The van der Waals surface area contributed by atoms with Gasteiger partial charge < -0.3 is 5.11 Å². The Hall–Kier alpha value is -1.42. The molecule has 0 saturated carbocycles. The number of aliphatic carboxylic acids is 1. The van der Waals surface area contributed by atoms with E-state index < -0.39 is 23.5 Å². The fourth-order valence-corrected chi connectivity index (χ4v) is 1.35. The maximum Gasteiger partial charge on any atom is 0.306 e. The lowest BCUT2D eigenvalue weighted by molar-refractivity contribution is -0.141. The number of carboxylic acid groups (broad SMARTS) is 1. The fourth-order valence-electron chi connectivity index (χ4n) is 1.19. The standard InChI is InChI=1S/C11H10ClFO3/c1-6(11(15)16)4-10(14)8-3-2-7(12)5-9(8)13/h2-3,5-6H,4H2,1H3,(H,15,16). The van der Waals surface area contributed by atoms with E-state index in [2.05, 4.69) is 0 Å². The molecule has 1 rings (SSSR count). The first-order valence-electron chi connectivity index (χ1n) is 4.63. The summed E-state index contributed by atoms with van der Waals surface area (Å²) in [6.45, 7) is 1.40. The second-order valence-corrected chi connectivity index (χ2v) is 3.93. The van der Waals surface area contributed by atoms with Crippen molar-refractivity contribution in [1.29, 1.82) is 0 Å². The van der Waals surface area contributed by atoms with E-state index in [9.17, 15) is 14.0 Å². The van der Waals surface area contributed by atoms with E-state index in [1.54, 1.807) is 0 Å². The lowest BCUT2D eigenvalue weighted by Crippen LogP contribution is -2.15. The summed E-state index contributed by atoms with van der Waals surface area (Å²) in [5, 5.41) is 8.82. The Morgan fingerprint density at radius 1 is 1.50 bits per heavy atom. The molecule has 0 heterocycles. The van der Waals surface area contributed by atoms with Crippen LogP contribution in [-0.2, 0) is 4.79 Å². The van der Waals surface area contributed by atoms with Crippen molar-refractivity contribution in [2.45, 2.75) is 13.3 Å². The zero-order chi connectivity index (χ0) is 12.3. The number of carboxylic acids is 1. The van der Waals surface area contributed by atoms with Gasteiger partial charge in [-0.25, -0.2) is 4.39 Å². The van der Waals surface area contributed by atoms with Gasteiger partial charge in [-0.1, -0.05) is 18.5 Å². The zero-order valence-electron chi connectivity index (χ0n) is 8.54. The first-order chi connectivity index (χ1) is 7.41. The van der Waals surface area contributed by atoms with Gasteiger partial charge in [-0.05, 0) is 18.2 Å². The van der Waals surface area contributed by atoms with Crippen molar-refractivity contribution < 1.29 is 19.1 Å². The topological polar surface area (TPSA) is 54.4 Å². The summed E-state index contributed by atoms with van der Waals surface area (Å²) < 4.78 is 13.3. The Morgan fingerprint density at radius 2 is 2.12 bits per heavy atom. The van der Waals surface area contributed by atoms with Crippen molar-refractivity contribution in [3.05, 3.63) is 34.6 Å². The van der Waals surface area contributed by atoms with E-state index in [1.165, 1.54) is 19.1 Å². The minimum atomic E-state index is -1.08. The van der Waals surface area contributed by atoms with Gasteiger partial charge in [0.05, 0.1) is 11.5 Å². The quantitative estimate of drug-likeness (QED) is 0.829. The first-order valence-corrected chi connectivity index (χ1v) is 5.00. The van der Waals surface area contributed by atoms with Crippen molar-refractivity contribution >= 4 is 23.4 Å². The van der Waals surface area contributed by atoms with Crippen molar-refractivity contribution in [3.63, 3.8) is 0 Å². The maximum atomic E-state index is 13.3. The lowest BCUT2D eigenvalue weighted by Gasteiger charge is -2.06. The lowest BCUT2D eigenvalue weighted by atomic mass is 9.99. The summed E-state index contributed by atoms with van der Waals surface area (Å²) in [4.78, 5) is 22.1. The largest absolute Gasteiger partial charge is 0.481 e. The number of carbonyl (C=O) groups excluding carboxylic acids is 1. The molecule has 0 spiro atoms. The highest BCUT2D eigenvalue weighted by molar-refractivity contribution is 6.30. The molecule has 0 bridgehead atoms. The highest BCUT2D eigenvalue weighted by Gasteiger charge is 2.19. The second-order valence-electron chi connectivity index (χ2n) is 3.49. The van der Waals surface area contributed by atoms with Gasteiger partial charge in [0.2, 0.25) is 0 Å². The molecule has 1 N–H and O–H groups in total. The fraction of sp³-hybridized carbons (Fsp3) is 0.273. The van der Waals surface area contributed by atoms with E-state index in [0.717, 1.165) is 6.07 Å². The van der Waals surface area contributed by atoms with Gasteiger partial charge in [0.15, 0.2) is 5.78 Å². The van der Waals surface area contributed by atoms with Gasteiger partial charge >= 0.3 is 5.97 Å². The zero-order valence-corrected chi connectivity index (χ0v) is 9.29. The van der Waals surface area contributed by atoms with Crippen LogP contribution in [0.1, 0.15) is 23.7 Å². The summed E-state index contributed by atoms with van der Waals surface area (Å²) >= 11 is 5.53. The van der Waals surface area contributed by atoms with Crippen LogP contribution in [0.4, 0.5) is 4.39 Å². The molecule has 0 saturated heterocycles. The molecule has 0 aliphatic rings. The molecule has 5 heteroatoms. The molecule has 1 atom stereocenters. The Morgan fingerprint density at radius 3 is 2.62 bits per heavy atom. The number of benzene rings is 1. The number of Topliss-reactive ketones (excluding diaryl/α,β-unsaturated/α-hetero) is 1. The third-order valence-electron chi connectivity index (χ3n) is 2.14. The van der Waals surface area contributed by atoms with Gasteiger partial charge in [0, 0.05) is 11.4 Å². The highest BCUT2D eigenvalue weighted by atomic mass is 35.5. The summed E-state index contributed by atoms with van der Waals surface area (Å²) in [7, 11) is 0. The summed E-state index contributed by atoms with van der Waals surface area (Å²) in [6.07, 6.45) is -0.228. The molecule has 0 radical (unpaired) electrons. The Bertz CT molecular complexity index is 431. The Balaban J connectivity index is 2.85.